The van der Waals surface area contributed by atoms with E-state index >= 15 is 0 Å². The van der Waals surface area contributed by atoms with E-state index in [-0.39, 0.29) is 6.04 Å². The Morgan fingerprint density at radius 1 is 1.58 bits per heavy atom. The molecule has 1 heterocycles. The molecule has 0 amide bonds. The monoisotopic (exact) mass is 313 g/mol. The largest absolute Gasteiger partial charge is 0.391 e. The highest BCUT2D eigenvalue weighted by Gasteiger charge is 2.15. The zero-order valence-corrected chi connectivity index (χ0v) is 10.4. The van der Waals surface area contributed by atoms with Gasteiger partial charge in [-0.05, 0) is 44.8 Å². The maximum Gasteiger partial charge on any atom is 0.0843 e. The van der Waals surface area contributed by atoms with Gasteiger partial charge in [-0.3, -0.25) is 0 Å². The lowest BCUT2D eigenvalue weighted by Gasteiger charge is -2.11. The van der Waals surface area contributed by atoms with Gasteiger partial charge in [0.15, 0.2) is 0 Å². The number of thiophene rings is 1. The first-order chi connectivity index (χ1) is 5.52. The van der Waals surface area contributed by atoms with E-state index in [1.807, 2.05) is 6.07 Å². The molecule has 0 aliphatic carbocycles. The first-order valence-electron chi connectivity index (χ1n) is 3.40. The molecule has 3 N–H and O–H groups in total. The van der Waals surface area contributed by atoms with Crippen LogP contribution in [0.4, 0.5) is 0 Å². The Balaban J connectivity index is 2.89. The smallest absolute Gasteiger partial charge is 0.0843 e. The van der Waals surface area contributed by atoms with Crippen LogP contribution in [0.5, 0.6) is 0 Å². The minimum absolute atomic E-state index is 0.294. The SMILES string of the molecule is C[C@H](O)[C@H](N)c1cc(Br)c(Br)s1. The number of rotatable bonds is 2. The molecule has 0 radical (unpaired) electrons. The number of aliphatic hydroxyl groups is 1. The summed E-state index contributed by atoms with van der Waals surface area (Å²) >= 11 is 8.26. The van der Waals surface area contributed by atoms with Gasteiger partial charge in [-0.2, -0.15) is 0 Å². The van der Waals surface area contributed by atoms with E-state index in [9.17, 15) is 5.11 Å². The van der Waals surface area contributed by atoms with Crippen molar-refractivity contribution < 1.29 is 5.11 Å². The van der Waals surface area contributed by atoms with E-state index in [0.29, 0.717) is 0 Å². The van der Waals surface area contributed by atoms with Gasteiger partial charge in [0.1, 0.15) is 0 Å². The van der Waals surface area contributed by atoms with Crippen LogP contribution >= 0.6 is 43.2 Å². The van der Waals surface area contributed by atoms with E-state index in [1.165, 1.54) is 11.3 Å². The van der Waals surface area contributed by atoms with Gasteiger partial charge in [-0.1, -0.05) is 0 Å². The van der Waals surface area contributed by atoms with E-state index in [2.05, 4.69) is 31.9 Å². The van der Waals surface area contributed by atoms with Crippen molar-refractivity contribution in [1.29, 1.82) is 0 Å². The van der Waals surface area contributed by atoms with Crippen molar-refractivity contribution in [3.05, 3.63) is 19.2 Å². The van der Waals surface area contributed by atoms with Crippen molar-refractivity contribution in [1.82, 2.24) is 0 Å². The Bertz CT molecular complexity index is 255. The Morgan fingerprint density at radius 2 is 2.17 bits per heavy atom. The Labute approximate surface area is 92.0 Å². The van der Waals surface area contributed by atoms with Crippen molar-refractivity contribution in [2.45, 2.75) is 19.1 Å². The van der Waals surface area contributed by atoms with Gasteiger partial charge >= 0.3 is 0 Å². The van der Waals surface area contributed by atoms with Crippen molar-refractivity contribution in [3.8, 4) is 0 Å². The molecule has 0 spiro atoms. The second-order valence-corrected chi connectivity index (χ2v) is 5.79. The second-order valence-electron chi connectivity index (χ2n) is 2.54. The molecule has 2 atom stereocenters. The average molecular weight is 315 g/mol. The van der Waals surface area contributed by atoms with Gasteiger partial charge in [-0.15, -0.1) is 11.3 Å². The summed E-state index contributed by atoms with van der Waals surface area (Å²) in [5.74, 6) is 0. The van der Waals surface area contributed by atoms with Gasteiger partial charge in [0.2, 0.25) is 0 Å². The highest BCUT2D eigenvalue weighted by atomic mass is 79.9. The van der Waals surface area contributed by atoms with Gasteiger partial charge < -0.3 is 10.8 Å². The number of hydrogen-bond acceptors (Lipinski definition) is 3. The molecule has 0 saturated heterocycles. The van der Waals surface area contributed by atoms with Crippen LogP contribution in [0, 0.1) is 0 Å². The summed E-state index contributed by atoms with van der Waals surface area (Å²) in [4.78, 5) is 0.976. The molecular formula is C7H9Br2NOS. The average Bonchev–Trinajstić information content (AvgIpc) is 2.30. The molecule has 0 saturated carbocycles. The third kappa shape index (κ3) is 2.29. The molecule has 2 nitrogen and oxygen atoms in total. The lowest BCUT2D eigenvalue weighted by molar-refractivity contribution is 0.165. The van der Waals surface area contributed by atoms with Gasteiger partial charge in [0, 0.05) is 9.35 Å². The Hall–Kier alpha value is 0.580. The maximum atomic E-state index is 9.23. The molecule has 1 rings (SSSR count). The molecule has 1 aromatic heterocycles. The first-order valence-corrected chi connectivity index (χ1v) is 5.81. The molecule has 1 aromatic rings. The van der Waals surface area contributed by atoms with Gasteiger partial charge in [0.05, 0.1) is 15.9 Å². The standard InChI is InChI=1S/C7H9Br2NOS/c1-3(11)6(10)5-2-4(8)7(9)12-5/h2-3,6,11H,10H2,1H3/t3-,6-/m0/s1. The predicted octanol–water partition coefficient (Wildman–Crippen LogP) is 2.65. The zero-order valence-electron chi connectivity index (χ0n) is 6.42. The summed E-state index contributed by atoms with van der Waals surface area (Å²) < 4.78 is 1.99. The van der Waals surface area contributed by atoms with E-state index in [1.54, 1.807) is 6.92 Å². The minimum atomic E-state index is -0.512. The maximum absolute atomic E-state index is 9.23. The highest BCUT2D eigenvalue weighted by molar-refractivity contribution is 9.13. The molecule has 5 heteroatoms. The molecule has 0 fully saturated rings. The lowest BCUT2D eigenvalue weighted by Crippen LogP contribution is -2.21. The van der Waals surface area contributed by atoms with Crippen molar-refractivity contribution in [3.63, 3.8) is 0 Å². The van der Waals surface area contributed by atoms with Crippen LogP contribution in [0.3, 0.4) is 0 Å². The molecule has 0 aliphatic rings. The fraction of sp³-hybridized carbons (Fsp3) is 0.429. The van der Waals surface area contributed by atoms with E-state index in [0.717, 1.165) is 13.1 Å². The fourth-order valence-electron chi connectivity index (χ4n) is 0.765. The van der Waals surface area contributed by atoms with Crippen LogP contribution in [0.1, 0.15) is 17.8 Å². The lowest BCUT2D eigenvalue weighted by atomic mass is 10.2. The number of aliphatic hydroxyl groups excluding tert-OH is 1. The molecule has 0 aliphatic heterocycles. The van der Waals surface area contributed by atoms with Crippen LogP contribution in [0.2, 0.25) is 0 Å². The van der Waals surface area contributed by atoms with Crippen LogP contribution in [-0.2, 0) is 0 Å². The molecule has 0 unspecified atom stereocenters. The molecule has 0 aromatic carbocycles. The number of nitrogens with two attached hydrogens (primary N) is 1. The van der Waals surface area contributed by atoms with Gasteiger partial charge in [-0.25, -0.2) is 0 Å². The summed E-state index contributed by atoms with van der Waals surface area (Å²) in [7, 11) is 0. The summed E-state index contributed by atoms with van der Waals surface area (Å²) in [6.07, 6.45) is -0.512. The van der Waals surface area contributed by atoms with Crippen LogP contribution in [0.25, 0.3) is 0 Å². The predicted molar refractivity (Wildman–Crippen MR) is 58.3 cm³/mol. The molecule has 68 valence electrons. The van der Waals surface area contributed by atoms with E-state index in [4.69, 9.17) is 5.73 Å². The molecular weight excluding hydrogens is 306 g/mol. The number of halogens is 2. The third-order valence-corrected chi connectivity index (χ3v) is 4.87. The van der Waals surface area contributed by atoms with Crippen LogP contribution in [-0.4, -0.2) is 11.2 Å². The minimum Gasteiger partial charge on any atom is -0.391 e. The summed E-state index contributed by atoms with van der Waals surface area (Å²) in [6, 6.07) is 1.63. The van der Waals surface area contributed by atoms with Crippen LogP contribution < -0.4 is 5.73 Å². The van der Waals surface area contributed by atoms with Crippen molar-refractivity contribution >= 4 is 43.2 Å². The fourth-order valence-corrected chi connectivity index (χ4v) is 2.95. The normalized spacial score (nSPS) is 16.1. The second kappa shape index (κ2) is 4.19. The summed E-state index contributed by atoms with van der Waals surface area (Å²) in [6.45, 7) is 1.69. The Kier molecular flexibility index (Phi) is 3.73. The zero-order chi connectivity index (χ0) is 9.30. The van der Waals surface area contributed by atoms with Crippen LogP contribution in [0.15, 0.2) is 14.3 Å². The van der Waals surface area contributed by atoms with Crippen molar-refractivity contribution in [2.24, 2.45) is 5.73 Å². The molecule has 12 heavy (non-hydrogen) atoms. The third-order valence-electron chi connectivity index (χ3n) is 1.51. The quantitative estimate of drug-likeness (QED) is 0.881. The molecule has 0 bridgehead atoms. The Morgan fingerprint density at radius 3 is 2.50 bits per heavy atom. The number of hydrogen-bond donors (Lipinski definition) is 2. The highest BCUT2D eigenvalue weighted by Crippen LogP contribution is 2.35. The van der Waals surface area contributed by atoms with Crippen molar-refractivity contribution in [2.75, 3.05) is 0 Å². The first kappa shape index (κ1) is 10.7. The summed E-state index contributed by atoms with van der Waals surface area (Å²) in [5.41, 5.74) is 5.74. The summed E-state index contributed by atoms with van der Waals surface area (Å²) in [5, 5.41) is 9.23. The topological polar surface area (TPSA) is 46.2 Å². The van der Waals surface area contributed by atoms with Gasteiger partial charge in [0.25, 0.3) is 0 Å². The van der Waals surface area contributed by atoms with E-state index < -0.39 is 6.10 Å².